The lowest BCUT2D eigenvalue weighted by atomic mass is 9.46. The van der Waals surface area contributed by atoms with E-state index in [1.165, 1.54) is 19.3 Å². The van der Waals surface area contributed by atoms with Crippen LogP contribution in [-0.2, 0) is 0 Å². The third kappa shape index (κ3) is 0.649. The van der Waals surface area contributed by atoms with Gasteiger partial charge in [-0.15, -0.1) is 0 Å². The predicted octanol–water partition coefficient (Wildman–Crippen LogP) is 3.92. The Hall–Kier alpha value is -0.400. The van der Waals surface area contributed by atoms with Crippen molar-refractivity contribution in [3.05, 3.63) is 0 Å². The van der Waals surface area contributed by atoms with Crippen LogP contribution in [0.4, 0.5) is 0 Å². The molecule has 0 radical (unpaired) electrons. The zero-order valence-corrected chi connectivity index (χ0v) is 12.0. The third-order valence-corrected chi connectivity index (χ3v) is 8.90. The first kappa shape index (κ1) is 10.4. The summed E-state index contributed by atoms with van der Waals surface area (Å²) in [5.74, 6) is 3.51. The molecule has 4 aliphatic carbocycles. The zero-order chi connectivity index (χ0) is 12.5. The van der Waals surface area contributed by atoms with Crippen molar-refractivity contribution in [1.82, 2.24) is 0 Å². The molecule has 18 heavy (non-hydrogen) atoms. The van der Waals surface area contributed by atoms with Gasteiger partial charge in [0, 0.05) is 0 Å². The highest BCUT2D eigenvalue weighted by atomic mass is 15.2. The second-order valence-electron chi connectivity index (χ2n) is 8.55. The molecule has 6 aliphatic rings. The monoisotopic (exact) mass is 244 g/mol. The number of rotatable bonds is 0. The van der Waals surface area contributed by atoms with Gasteiger partial charge in [0.2, 0.25) is 0 Å². The normalized spacial score (nSPS) is 69.1. The first-order valence-electron chi connectivity index (χ1n) is 7.86. The van der Waals surface area contributed by atoms with Crippen LogP contribution in [0.3, 0.4) is 0 Å². The molecule has 4 unspecified atom stereocenters. The highest BCUT2D eigenvalue weighted by Crippen LogP contribution is 2.95. The summed E-state index contributed by atoms with van der Waals surface area (Å²) in [5, 5.41) is 9.53. The summed E-state index contributed by atoms with van der Waals surface area (Å²) < 4.78 is 0. The Kier molecular flexibility index (Phi) is 1.42. The van der Waals surface area contributed by atoms with Crippen LogP contribution in [0, 0.1) is 39.9 Å². The molecule has 4 fully saturated rings. The summed E-state index contributed by atoms with van der Waals surface area (Å²) >= 11 is 0. The van der Waals surface area contributed by atoms with Crippen LogP contribution in [0.25, 0.3) is 0 Å². The van der Waals surface area contributed by atoms with Crippen LogP contribution in [0.1, 0.15) is 47.0 Å². The van der Waals surface area contributed by atoms with Gasteiger partial charge in [-0.1, -0.05) is 34.1 Å². The minimum Gasteiger partial charge on any atom is -0.190 e. The fraction of sp³-hybridized carbons (Fsp3) is 1.00. The third-order valence-electron chi connectivity index (χ3n) is 8.90. The maximum atomic E-state index is 4.77. The zero-order valence-electron chi connectivity index (χ0n) is 12.0. The first-order valence-corrected chi connectivity index (χ1v) is 7.86. The molecule has 0 aromatic rings. The number of hydrogen-bond donors (Lipinski definition) is 0. The largest absolute Gasteiger partial charge is 0.190 e. The van der Waals surface area contributed by atoms with Gasteiger partial charge in [-0.05, 0) is 52.8 Å². The van der Waals surface area contributed by atoms with Crippen molar-refractivity contribution in [3.63, 3.8) is 0 Å². The van der Waals surface area contributed by atoms with Crippen LogP contribution in [0.15, 0.2) is 10.2 Å². The highest BCUT2D eigenvalue weighted by molar-refractivity contribution is 5.41. The van der Waals surface area contributed by atoms with Gasteiger partial charge < -0.3 is 0 Å². The molecule has 6 rings (SSSR count). The average Bonchev–Trinajstić information content (AvgIpc) is 2.79. The molecule has 0 amide bonds. The average molecular weight is 244 g/mol. The molecule has 8 atom stereocenters. The van der Waals surface area contributed by atoms with Gasteiger partial charge in [0.05, 0.1) is 12.1 Å². The molecule has 0 aromatic carbocycles. The van der Waals surface area contributed by atoms with E-state index in [2.05, 4.69) is 27.7 Å². The van der Waals surface area contributed by atoms with Gasteiger partial charge in [0.15, 0.2) is 0 Å². The van der Waals surface area contributed by atoms with Gasteiger partial charge in [0.25, 0.3) is 0 Å². The molecule has 2 aliphatic heterocycles. The second-order valence-corrected chi connectivity index (χ2v) is 8.55. The Balaban J connectivity index is 1.66. The van der Waals surface area contributed by atoms with Crippen molar-refractivity contribution < 1.29 is 0 Å². The van der Waals surface area contributed by atoms with E-state index in [1.807, 2.05) is 0 Å². The number of fused-ring (bicyclic) bond motifs is 1. The maximum absolute atomic E-state index is 4.77. The van der Waals surface area contributed by atoms with Crippen molar-refractivity contribution in [2.75, 3.05) is 0 Å². The topological polar surface area (TPSA) is 24.7 Å². The molecule has 0 aromatic heterocycles. The van der Waals surface area contributed by atoms with Crippen molar-refractivity contribution in [3.8, 4) is 0 Å². The van der Waals surface area contributed by atoms with Crippen molar-refractivity contribution in [2.45, 2.75) is 59.0 Å². The molecule has 0 N–H and O–H groups in total. The van der Waals surface area contributed by atoms with Crippen LogP contribution >= 0.6 is 0 Å². The van der Waals surface area contributed by atoms with Crippen LogP contribution in [0.5, 0.6) is 0 Å². The van der Waals surface area contributed by atoms with Crippen molar-refractivity contribution >= 4 is 0 Å². The van der Waals surface area contributed by atoms with E-state index in [9.17, 15) is 0 Å². The SMILES string of the molecule is CC1(C)C2(C)C3C4N=N[C@H]([C@@H]5CCCC45)[C@H]3[C@]12C. The summed E-state index contributed by atoms with van der Waals surface area (Å²) in [6.45, 7) is 10.1. The molecule has 0 saturated heterocycles. The first-order chi connectivity index (χ1) is 8.46. The van der Waals surface area contributed by atoms with Gasteiger partial charge in [-0.2, -0.15) is 10.2 Å². The molecule has 2 heteroatoms. The Morgan fingerprint density at radius 1 is 0.778 bits per heavy atom. The van der Waals surface area contributed by atoms with Gasteiger partial charge >= 0.3 is 0 Å². The van der Waals surface area contributed by atoms with Gasteiger partial charge in [-0.3, -0.25) is 0 Å². The van der Waals surface area contributed by atoms with Crippen molar-refractivity contribution in [1.29, 1.82) is 0 Å². The molecular weight excluding hydrogens is 220 g/mol. The van der Waals surface area contributed by atoms with Crippen molar-refractivity contribution in [2.24, 2.45) is 50.1 Å². The summed E-state index contributed by atoms with van der Waals surface area (Å²) in [5.41, 5.74) is 1.63. The molecule has 2 bridgehead atoms. The summed E-state index contributed by atoms with van der Waals surface area (Å²) in [6.07, 6.45) is 4.30. The van der Waals surface area contributed by atoms with Crippen LogP contribution in [-0.4, -0.2) is 12.1 Å². The summed E-state index contributed by atoms with van der Waals surface area (Å²) in [6, 6.07) is 1.18. The number of hydrogen-bond acceptors (Lipinski definition) is 2. The van der Waals surface area contributed by atoms with Gasteiger partial charge in [0.1, 0.15) is 0 Å². The number of azo groups is 1. The van der Waals surface area contributed by atoms with Gasteiger partial charge in [-0.25, -0.2) is 0 Å². The fourth-order valence-corrected chi connectivity index (χ4v) is 7.54. The smallest absolute Gasteiger partial charge is 0.0777 e. The van der Waals surface area contributed by atoms with Crippen LogP contribution < -0.4 is 0 Å². The molecule has 2 nitrogen and oxygen atoms in total. The molecule has 4 saturated carbocycles. The van der Waals surface area contributed by atoms with E-state index in [-0.39, 0.29) is 0 Å². The quantitative estimate of drug-likeness (QED) is 0.617. The molecular formula is C16H24N2. The van der Waals surface area contributed by atoms with Crippen LogP contribution in [0.2, 0.25) is 0 Å². The Bertz CT molecular complexity index is 441. The van der Waals surface area contributed by atoms with E-state index in [0.29, 0.717) is 28.3 Å². The molecule has 98 valence electrons. The Morgan fingerprint density at radius 3 is 1.67 bits per heavy atom. The van der Waals surface area contributed by atoms with E-state index in [1.54, 1.807) is 0 Å². The Morgan fingerprint density at radius 2 is 1.22 bits per heavy atom. The predicted molar refractivity (Wildman–Crippen MR) is 70.2 cm³/mol. The van der Waals surface area contributed by atoms with E-state index in [4.69, 9.17) is 10.2 Å². The van der Waals surface area contributed by atoms with E-state index >= 15 is 0 Å². The van der Waals surface area contributed by atoms with E-state index in [0.717, 1.165) is 23.7 Å². The van der Waals surface area contributed by atoms with E-state index < -0.39 is 0 Å². The summed E-state index contributed by atoms with van der Waals surface area (Å²) in [7, 11) is 0. The lowest BCUT2D eigenvalue weighted by molar-refractivity contribution is -0.114. The second kappa shape index (κ2) is 2.45. The number of nitrogens with zero attached hydrogens (tertiary/aromatic N) is 2. The molecule has 0 spiro atoms. The highest BCUT2D eigenvalue weighted by Gasteiger charge is 2.94. The Labute approximate surface area is 110 Å². The molecule has 2 heterocycles. The minimum atomic E-state index is 0.514. The lowest BCUT2D eigenvalue weighted by Crippen LogP contribution is -2.63. The fourth-order valence-electron chi connectivity index (χ4n) is 7.54. The summed E-state index contributed by atoms with van der Waals surface area (Å²) in [4.78, 5) is 0. The lowest BCUT2D eigenvalue weighted by Gasteiger charge is -2.61. The minimum absolute atomic E-state index is 0.514. The maximum Gasteiger partial charge on any atom is 0.0777 e. The standard InChI is InChI=1S/C16H24N2/c1-14(2)15(3)10-11(16(14,15)4)13-9-7-5-6-8(9)12(10)17-18-13/h8-13H,5-7H2,1-4H3/t8-,9?,10+,11?,12-,13?,15-,16?/m1/s1.